The third kappa shape index (κ3) is 2.18. The smallest absolute Gasteiger partial charge is 0.319 e. The second-order valence-electron chi connectivity index (χ2n) is 5.70. The largest absolute Gasteiger partial charge is 0.359 e. The molecule has 1 saturated carbocycles. The SMILES string of the molecule is Cc1noc(C2CC2)c1NC(=O)NC1CCn2ccnc21. The van der Waals surface area contributed by atoms with E-state index < -0.39 is 0 Å². The number of carbonyl (C=O) groups excluding carboxylic acids is 1. The highest BCUT2D eigenvalue weighted by molar-refractivity contribution is 5.90. The predicted molar refractivity (Wildman–Crippen MR) is 75.0 cm³/mol. The first-order valence-corrected chi connectivity index (χ1v) is 7.27. The number of aryl methyl sites for hydroxylation is 2. The zero-order chi connectivity index (χ0) is 14.4. The third-order valence-corrected chi connectivity index (χ3v) is 4.10. The van der Waals surface area contributed by atoms with Gasteiger partial charge >= 0.3 is 6.03 Å². The summed E-state index contributed by atoms with van der Waals surface area (Å²) in [5, 5.41) is 9.81. The summed E-state index contributed by atoms with van der Waals surface area (Å²) < 4.78 is 7.39. The van der Waals surface area contributed by atoms with Gasteiger partial charge in [0.05, 0.1) is 6.04 Å². The zero-order valence-corrected chi connectivity index (χ0v) is 11.8. The second-order valence-corrected chi connectivity index (χ2v) is 5.70. The minimum atomic E-state index is -0.232. The highest BCUT2D eigenvalue weighted by Crippen LogP contribution is 2.44. The first kappa shape index (κ1) is 12.4. The van der Waals surface area contributed by atoms with E-state index in [1.165, 1.54) is 0 Å². The average Bonchev–Trinajstić information content (AvgIpc) is 2.90. The monoisotopic (exact) mass is 287 g/mol. The molecule has 2 amide bonds. The fraction of sp³-hybridized carbons (Fsp3) is 0.500. The molecule has 7 heteroatoms. The Morgan fingerprint density at radius 3 is 3.10 bits per heavy atom. The van der Waals surface area contributed by atoms with Crippen LogP contribution in [0.25, 0.3) is 0 Å². The number of hydrogen-bond acceptors (Lipinski definition) is 4. The van der Waals surface area contributed by atoms with Crippen molar-refractivity contribution in [2.75, 3.05) is 5.32 Å². The van der Waals surface area contributed by atoms with Crippen molar-refractivity contribution in [3.63, 3.8) is 0 Å². The van der Waals surface area contributed by atoms with Crippen LogP contribution < -0.4 is 10.6 Å². The molecule has 7 nitrogen and oxygen atoms in total. The van der Waals surface area contributed by atoms with Crippen LogP contribution in [0, 0.1) is 6.92 Å². The van der Waals surface area contributed by atoms with Crippen molar-refractivity contribution in [3.8, 4) is 0 Å². The van der Waals surface area contributed by atoms with Gasteiger partial charge in [0.1, 0.15) is 17.2 Å². The molecule has 1 aliphatic heterocycles. The molecule has 1 atom stereocenters. The van der Waals surface area contributed by atoms with E-state index in [1.54, 1.807) is 6.20 Å². The third-order valence-electron chi connectivity index (χ3n) is 4.10. The van der Waals surface area contributed by atoms with Gasteiger partial charge in [0.25, 0.3) is 0 Å². The number of aromatic nitrogens is 3. The standard InChI is InChI=1S/C14H17N5O2/c1-8-11(12(21-18-8)9-2-3-9)17-14(20)16-10-4-6-19-7-5-15-13(10)19/h5,7,9-10H,2-4,6H2,1H3,(H2,16,17,20). The highest BCUT2D eigenvalue weighted by Gasteiger charge is 2.33. The lowest BCUT2D eigenvalue weighted by Crippen LogP contribution is -2.32. The van der Waals surface area contributed by atoms with Gasteiger partial charge in [0.15, 0.2) is 5.76 Å². The van der Waals surface area contributed by atoms with Crippen molar-refractivity contribution in [3.05, 3.63) is 29.7 Å². The van der Waals surface area contributed by atoms with Crippen LogP contribution in [0.5, 0.6) is 0 Å². The van der Waals surface area contributed by atoms with E-state index in [-0.39, 0.29) is 12.1 Å². The Bertz CT molecular complexity index is 685. The Hall–Kier alpha value is -2.31. The summed E-state index contributed by atoms with van der Waals surface area (Å²) in [5.41, 5.74) is 1.44. The lowest BCUT2D eigenvalue weighted by Gasteiger charge is -2.12. The lowest BCUT2D eigenvalue weighted by molar-refractivity contribution is 0.248. The molecule has 21 heavy (non-hydrogen) atoms. The van der Waals surface area contributed by atoms with Crippen LogP contribution >= 0.6 is 0 Å². The van der Waals surface area contributed by atoms with Crippen LogP contribution in [0.15, 0.2) is 16.9 Å². The number of carbonyl (C=O) groups is 1. The maximum Gasteiger partial charge on any atom is 0.319 e. The van der Waals surface area contributed by atoms with Crippen molar-refractivity contribution in [1.82, 2.24) is 20.0 Å². The summed E-state index contributed by atoms with van der Waals surface area (Å²) in [7, 11) is 0. The number of urea groups is 1. The van der Waals surface area contributed by atoms with E-state index in [0.29, 0.717) is 5.92 Å². The fourth-order valence-corrected chi connectivity index (χ4v) is 2.83. The summed E-state index contributed by atoms with van der Waals surface area (Å²) >= 11 is 0. The minimum absolute atomic E-state index is 0.0375. The molecular weight excluding hydrogens is 270 g/mol. The van der Waals surface area contributed by atoms with Crippen molar-refractivity contribution < 1.29 is 9.32 Å². The first-order valence-electron chi connectivity index (χ1n) is 7.27. The van der Waals surface area contributed by atoms with E-state index in [4.69, 9.17) is 4.52 Å². The maximum atomic E-state index is 12.2. The van der Waals surface area contributed by atoms with Crippen LogP contribution in [0.4, 0.5) is 10.5 Å². The van der Waals surface area contributed by atoms with Gasteiger partial charge in [-0.2, -0.15) is 0 Å². The molecule has 0 saturated heterocycles. The zero-order valence-electron chi connectivity index (χ0n) is 11.8. The van der Waals surface area contributed by atoms with E-state index in [1.807, 2.05) is 13.1 Å². The molecule has 1 fully saturated rings. The molecule has 2 aromatic heterocycles. The summed E-state index contributed by atoms with van der Waals surface area (Å²) in [5.74, 6) is 2.12. The Kier molecular flexibility index (Phi) is 2.73. The molecule has 3 heterocycles. The van der Waals surface area contributed by atoms with Gasteiger partial charge in [-0.15, -0.1) is 0 Å². The molecule has 110 valence electrons. The van der Waals surface area contributed by atoms with Crippen LogP contribution in [-0.2, 0) is 6.54 Å². The van der Waals surface area contributed by atoms with Crippen LogP contribution in [0.3, 0.4) is 0 Å². The molecule has 2 aliphatic rings. The molecule has 0 aromatic carbocycles. The summed E-state index contributed by atoms with van der Waals surface area (Å²) in [6.07, 6.45) is 6.77. The van der Waals surface area contributed by atoms with Gasteiger partial charge in [0.2, 0.25) is 0 Å². The van der Waals surface area contributed by atoms with Gasteiger partial charge in [-0.3, -0.25) is 0 Å². The van der Waals surface area contributed by atoms with Crippen molar-refractivity contribution >= 4 is 11.7 Å². The number of hydrogen-bond donors (Lipinski definition) is 2. The quantitative estimate of drug-likeness (QED) is 0.907. The minimum Gasteiger partial charge on any atom is -0.359 e. The number of nitrogens with zero attached hydrogens (tertiary/aromatic N) is 3. The molecule has 1 unspecified atom stereocenters. The van der Waals surface area contributed by atoms with E-state index in [2.05, 4.69) is 25.3 Å². The second kappa shape index (κ2) is 4.61. The van der Waals surface area contributed by atoms with Crippen molar-refractivity contribution in [2.24, 2.45) is 0 Å². The number of fused-ring (bicyclic) bond motifs is 1. The number of nitrogens with one attached hydrogen (secondary N) is 2. The summed E-state index contributed by atoms with van der Waals surface area (Å²) in [4.78, 5) is 16.5. The molecule has 1 aliphatic carbocycles. The average molecular weight is 287 g/mol. The maximum absolute atomic E-state index is 12.2. The summed E-state index contributed by atoms with van der Waals surface area (Å²) in [6.45, 7) is 2.73. The van der Waals surface area contributed by atoms with Gasteiger partial charge in [-0.05, 0) is 26.2 Å². The van der Waals surface area contributed by atoms with Crippen LogP contribution in [-0.4, -0.2) is 20.7 Å². The molecule has 0 spiro atoms. The fourth-order valence-electron chi connectivity index (χ4n) is 2.83. The topological polar surface area (TPSA) is 85.0 Å². The summed E-state index contributed by atoms with van der Waals surface area (Å²) in [6, 6.07) is -0.269. The number of anilines is 1. The van der Waals surface area contributed by atoms with Crippen molar-refractivity contribution in [1.29, 1.82) is 0 Å². The van der Waals surface area contributed by atoms with E-state index in [9.17, 15) is 4.79 Å². The molecule has 4 rings (SSSR count). The Morgan fingerprint density at radius 2 is 2.29 bits per heavy atom. The molecule has 2 N–H and O–H groups in total. The predicted octanol–water partition coefficient (Wildman–Crippen LogP) is 2.32. The molecule has 0 radical (unpaired) electrons. The van der Waals surface area contributed by atoms with Gasteiger partial charge in [0, 0.05) is 24.9 Å². The number of imidazole rings is 1. The van der Waals surface area contributed by atoms with Gasteiger partial charge in [-0.1, -0.05) is 5.16 Å². The number of rotatable bonds is 3. The van der Waals surface area contributed by atoms with Crippen molar-refractivity contribution in [2.45, 2.75) is 44.7 Å². The normalized spacial score (nSPS) is 20.3. The van der Waals surface area contributed by atoms with E-state index in [0.717, 1.165) is 48.8 Å². The van der Waals surface area contributed by atoms with E-state index >= 15 is 0 Å². The molecule has 2 aromatic rings. The highest BCUT2D eigenvalue weighted by atomic mass is 16.5. The number of amides is 2. The Balaban J connectivity index is 1.46. The first-order chi connectivity index (χ1) is 10.2. The molecule has 0 bridgehead atoms. The van der Waals surface area contributed by atoms with Gasteiger partial charge < -0.3 is 19.7 Å². The van der Waals surface area contributed by atoms with Gasteiger partial charge in [-0.25, -0.2) is 9.78 Å². The Labute approximate surface area is 121 Å². The van der Waals surface area contributed by atoms with Crippen LogP contribution in [0.2, 0.25) is 0 Å². The lowest BCUT2D eigenvalue weighted by atomic mass is 10.2. The van der Waals surface area contributed by atoms with Crippen LogP contribution in [0.1, 0.15) is 48.5 Å². The molecular formula is C14H17N5O2. The Morgan fingerprint density at radius 1 is 1.43 bits per heavy atom.